The summed E-state index contributed by atoms with van der Waals surface area (Å²) in [7, 11) is 1.53. The van der Waals surface area contributed by atoms with Crippen LogP contribution in [0.3, 0.4) is 0 Å². The van der Waals surface area contributed by atoms with E-state index < -0.39 is 10.8 Å². The van der Waals surface area contributed by atoms with Crippen molar-refractivity contribution >= 4 is 34.0 Å². The molecular weight excluding hydrogens is 422 g/mol. The maximum atomic E-state index is 12.4. The molecule has 2 amide bonds. The number of benzene rings is 2. The molecule has 11 heteroatoms. The van der Waals surface area contributed by atoms with Crippen LogP contribution in [0.5, 0.6) is 5.75 Å². The average molecular weight is 441 g/mol. The van der Waals surface area contributed by atoms with Crippen molar-refractivity contribution in [2.75, 3.05) is 19.0 Å². The minimum atomic E-state index is -0.533. The normalized spacial score (nSPS) is 10.4. The zero-order chi connectivity index (χ0) is 22.4. The number of rotatable bonds is 8. The van der Waals surface area contributed by atoms with Gasteiger partial charge in [0, 0.05) is 35.7 Å². The number of nitro groups is 1. The monoisotopic (exact) mass is 441 g/mol. The van der Waals surface area contributed by atoms with Gasteiger partial charge in [-0.05, 0) is 31.2 Å². The van der Waals surface area contributed by atoms with E-state index in [9.17, 15) is 19.7 Å². The lowest BCUT2D eigenvalue weighted by Crippen LogP contribution is -2.25. The van der Waals surface area contributed by atoms with Gasteiger partial charge in [-0.15, -0.1) is 10.2 Å². The number of nitrogens with zero attached hydrogens (tertiary/aromatic N) is 3. The van der Waals surface area contributed by atoms with Crippen molar-refractivity contribution < 1.29 is 19.2 Å². The molecule has 0 bridgehead atoms. The molecule has 2 aromatic carbocycles. The summed E-state index contributed by atoms with van der Waals surface area (Å²) in [6.45, 7) is 1.94. The van der Waals surface area contributed by atoms with E-state index in [1.807, 2.05) is 0 Å². The summed E-state index contributed by atoms with van der Waals surface area (Å²) in [6.07, 6.45) is 0.430. The standard InChI is InChI=1S/C20H19N5O5S/c1-12-6-7-14(11-16(12)25(28)29)19(27)22-20-24-23-17(31-20)8-9-21-18(26)13-4-3-5-15(10-13)30-2/h3-7,10-11H,8-9H2,1-2H3,(H,21,26)(H,22,24,27). The van der Waals surface area contributed by atoms with Gasteiger partial charge in [-0.2, -0.15) is 0 Å². The fourth-order valence-electron chi connectivity index (χ4n) is 2.67. The van der Waals surface area contributed by atoms with E-state index in [1.54, 1.807) is 31.2 Å². The van der Waals surface area contributed by atoms with Crippen LogP contribution in [-0.2, 0) is 6.42 Å². The Bertz CT molecular complexity index is 1130. The van der Waals surface area contributed by atoms with E-state index in [4.69, 9.17) is 4.74 Å². The summed E-state index contributed by atoms with van der Waals surface area (Å²) >= 11 is 1.16. The highest BCUT2D eigenvalue weighted by molar-refractivity contribution is 7.15. The number of hydrogen-bond donors (Lipinski definition) is 2. The van der Waals surface area contributed by atoms with Crippen LogP contribution in [0.4, 0.5) is 10.8 Å². The molecule has 31 heavy (non-hydrogen) atoms. The molecule has 0 unspecified atom stereocenters. The number of aromatic nitrogens is 2. The van der Waals surface area contributed by atoms with Gasteiger partial charge >= 0.3 is 0 Å². The van der Waals surface area contributed by atoms with Crippen LogP contribution in [0.15, 0.2) is 42.5 Å². The van der Waals surface area contributed by atoms with Crippen molar-refractivity contribution in [2.45, 2.75) is 13.3 Å². The Hall–Kier alpha value is -3.86. The molecule has 3 aromatic rings. The minimum Gasteiger partial charge on any atom is -0.497 e. The second-order valence-electron chi connectivity index (χ2n) is 6.45. The summed E-state index contributed by atoms with van der Waals surface area (Å²) in [5.41, 5.74) is 0.976. The maximum Gasteiger partial charge on any atom is 0.273 e. The Labute approximate surface area is 181 Å². The quantitative estimate of drug-likeness (QED) is 0.405. The van der Waals surface area contributed by atoms with Gasteiger partial charge in [0.1, 0.15) is 10.8 Å². The number of ether oxygens (including phenoxy) is 1. The molecule has 0 aliphatic carbocycles. The van der Waals surface area contributed by atoms with E-state index in [2.05, 4.69) is 20.8 Å². The number of aryl methyl sites for hydroxylation is 1. The van der Waals surface area contributed by atoms with E-state index in [0.717, 1.165) is 11.3 Å². The first-order valence-electron chi connectivity index (χ1n) is 9.18. The summed E-state index contributed by atoms with van der Waals surface area (Å²) in [4.78, 5) is 35.1. The zero-order valence-electron chi connectivity index (χ0n) is 16.7. The van der Waals surface area contributed by atoms with Gasteiger partial charge in [-0.25, -0.2) is 0 Å². The molecule has 3 rings (SSSR count). The Kier molecular flexibility index (Phi) is 6.88. The molecule has 0 spiro atoms. The molecule has 0 fully saturated rings. The zero-order valence-corrected chi connectivity index (χ0v) is 17.6. The van der Waals surface area contributed by atoms with Crippen molar-refractivity contribution in [3.8, 4) is 5.75 Å². The maximum absolute atomic E-state index is 12.4. The predicted molar refractivity (Wildman–Crippen MR) is 115 cm³/mol. The van der Waals surface area contributed by atoms with E-state index >= 15 is 0 Å². The first kappa shape index (κ1) is 21.8. The van der Waals surface area contributed by atoms with Crippen LogP contribution in [0.25, 0.3) is 0 Å². The van der Waals surface area contributed by atoms with Gasteiger partial charge in [-0.3, -0.25) is 25.0 Å². The lowest BCUT2D eigenvalue weighted by molar-refractivity contribution is -0.385. The van der Waals surface area contributed by atoms with Crippen LogP contribution in [0, 0.1) is 17.0 Å². The first-order chi connectivity index (χ1) is 14.9. The van der Waals surface area contributed by atoms with E-state index in [0.29, 0.717) is 34.8 Å². The molecule has 0 saturated carbocycles. The van der Waals surface area contributed by atoms with Crippen molar-refractivity contribution in [1.82, 2.24) is 15.5 Å². The Morgan fingerprint density at radius 3 is 2.65 bits per heavy atom. The van der Waals surface area contributed by atoms with Crippen LogP contribution < -0.4 is 15.4 Å². The fourth-order valence-corrected chi connectivity index (χ4v) is 3.41. The summed E-state index contributed by atoms with van der Waals surface area (Å²) in [5, 5.41) is 25.2. The molecule has 2 N–H and O–H groups in total. The number of methoxy groups -OCH3 is 1. The van der Waals surface area contributed by atoms with Crippen molar-refractivity contribution in [3.63, 3.8) is 0 Å². The number of carbonyl (C=O) groups excluding carboxylic acids is 2. The first-order valence-corrected chi connectivity index (χ1v) is 10.00. The lowest BCUT2D eigenvalue weighted by atomic mass is 10.1. The molecular formula is C20H19N5O5S. The molecule has 0 aliphatic rings. The number of nitro benzene ring substituents is 1. The molecule has 0 atom stereocenters. The number of anilines is 1. The van der Waals surface area contributed by atoms with Crippen LogP contribution in [0.2, 0.25) is 0 Å². The van der Waals surface area contributed by atoms with Gasteiger partial charge in [0.05, 0.1) is 12.0 Å². The summed E-state index contributed by atoms with van der Waals surface area (Å²) < 4.78 is 5.10. The van der Waals surface area contributed by atoms with Crippen molar-refractivity contribution in [3.05, 3.63) is 74.3 Å². The van der Waals surface area contributed by atoms with Gasteiger partial charge in [0.25, 0.3) is 17.5 Å². The topological polar surface area (TPSA) is 136 Å². The third kappa shape index (κ3) is 5.60. The average Bonchev–Trinajstić information content (AvgIpc) is 3.20. The summed E-state index contributed by atoms with van der Waals surface area (Å²) in [6, 6.07) is 11.1. The van der Waals surface area contributed by atoms with Gasteiger partial charge in [0.2, 0.25) is 5.13 Å². The Morgan fingerprint density at radius 2 is 1.90 bits per heavy atom. The van der Waals surface area contributed by atoms with Crippen LogP contribution in [-0.4, -0.2) is 40.6 Å². The molecule has 0 radical (unpaired) electrons. The number of nitrogens with one attached hydrogen (secondary N) is 2. The van der Waals surface area contributed by atoms with Crippen molar-refractivity contribution in [2.24, 2.45) is 0 Å². The minimum absolute atomic E-state index is 0.127. The molecule has 10 nitrogen and oxygen atoms in total. The highest BCUT2D eigenvalue weighted by Gasteiger charge is 2.16. The Morgan fingerprint density at radius 1 is 1.13 bits per heavy atom. The molecule has 1 heterocycles. The number of carbonyl (C=O) groups is 2. The largest absolute Gasteiger partial charge is 0.497 e. The highest BCUT2D eigenvalue weighted by atomic mass is 32.1. The van der Waals surface area contributed by atoms with Crippen LogP contribution >= 0.6 is 11.3 Å². The Balaban J connectivity index is 1.54. The second-order valence-corrected chi connectivity index (χ2v) is 7.51. The highest BCUT2D eigenvalue weighted by Crippen LogP contribution is 2.21. The predicted octanol–water partition coefficient (Wildman–Crippen LogP) is 2.99. The number of amides is 2. The lowest BCUT2D eigenvalue weighted by Gasteiger charge is -2.05. The molecule has 1 aromatic heterocycles. The smallest absolute Gasteiger partial charge is 0.273 e. The fraction of sp³-hybridized carbons (Fsp3) is 0.200. The molecule has 160 valence electrons. The summed E-state index contributed by atoms with van der Waals surface area (Å²) in [5.74, 6) is -0.161. The van der Waals surface area contributed by atoms with Crippen LogP contribution in [0.1, 0.15) is 31.3 Å². The third-order valence-corrected chi connectivity index (χ3v) is 5.21. The van der Waals surface area contributed by atoms with E-state index in [1.165, 1.54) is 25.3 Å². The van der Waals surface area contributed by atoms with E-state index in [-0.39, 0.29) is 22.3 Å². The van der Waals surface area contributed by atoms with Gasteiger partial charge in [-0.1, -0.05) is 23.5 Å². The second kappa shape index (κ2) is 9.76. The molecule has 0 saturated heterocycles. The SMILES string of the molecule is COc1cccc(C(=O)NCCc2nnc(NC(=O)c3ccc(C)c([N+](=O)[O-])c3)s2)c1. The third-order valence-electron chi connectivity index (χ3n) is 4.31. The molecule has 0 aliphatic heterocycles. The van der Waals surface area contributed by atoms with Crippen molar-refractivity contribution in [1.29, 1.82) is 0 Å². The number of hydrogen-bond acceptors (Lipinski definition) is 8. The van der Waals surface area contributed by atoms with Gasteiger partial charge in [0.15, 0.2) is 0 Å². The van der Waals surface area contributed by atoms with Gasteiger partial charge < -0.3 is 10.1 Å².